The van der Waals surface area contributed by atoms with Crippen LogP contribution >= 0.6 is 0 Å². The number of para-hydroxylation sites is 1. The lowest BCUT2D eigenvalue weighted by Gasteiger charge is -2.34. The Labute approximate surface area is 186 Å². The van der Waals surface area contributed by atoms with Gasteiger partial charge in [-0.05, 0) is 36.4 Å². The first-order valence-corrected chi connectivity index (χ1v) is 12.1. The van der Waals surface area contributed by atoms with Crippen molar-refractivity contribution in [2.75, 3.05) is 39.4 Å². The van der Waals surface area contributed by atoms with Crippen LogP contribution in [0.5, 0.6) is 5.75 Å². The fraction of sp³-hybridized carbons (Fsp3) is 0.391. The highest BCUT2D eigenvalue weighted by Crippen LogP contribution is 2.39. The largest absolute Gasteiger partial charge is 0.484 e. The van der Waals surface area contributed by atoms with E-state index in [-0.39, 0.29) is 23.0 Å². The molecule has 2 fully saturated rings. The lowest BCUT2D eigenvalue weighted by atomic mass is 9.89. The van der Waals surface area contributed by atoms with E-state index in [0.29, 0.717) is 62.7 Å². The molecule has 0 aromatic heterocycles. The molecule has 1 unspecified atom stereocenters. The number of morpholine rings is 1. The van der Waals surface area contributed by atoms with E-state index in [1.165, 1.54) is 16.4 Å². The van der Waals surface area contributed by atoms with Crippen LogP contribution in [0.25, 0.3) is 0 Å². The highest BCUT2D eigenvalue weighted by atomic mass is 32.2. The van der Waals surface area contributed by atoms with Crippen molar-refractivity contribution in [3.05, 3.63) is 59.7 Å². The minimum atomic E-state index is -3.61. The number of benzene rings is 2. The Morgan fingerprint density at radius 3 is 2.44 bits per heavy atom. The fourth-order valence-corrected chi connectivity index (χ4v) is 5.98. The summed E-state index contributed by atoms with van der Waals surface area (Å²) < 4.78 is 38.4. The predicted molar refractivity (Wildman–Crippen MR) is 115 cm³/mol. The Bertz CT molecular complexity index is 1160. The number of likely N-dealkylation sites (tertiary alicyclic amines) is 1. The normalized spacial score (nSPS) is 23.8. The number of hydrogen-bond acceptors (Lipinski definition) is 6. The van der Waals surface area contributed by atoms with Gasteiger partial charge in [0.1, 0.15) is 11.4 Å². The Morgan fingerprint density at radius 1 is 0.969 bits per heavy atom. The molecule has 0 radical (unpaired) electrons. The zero-order valence-corrected chi connectivity index (χ0v) is 18.3. The minimum Gasteiger partial charge on any atom is -0.484 e. The van der Waals surface area contributed by atoms with E-state index < -0.39 is 15.6 Å². The second kappa shape index (κ2) is 7.99. The van der Waals surface area contributed by atoms with Crippen molar-refractivity contribution in [1.29, 1.82) is 0 Å². The molecular formula is C23H24N2O6S. The van der Waals surface area contributed by atoms with Crippen LogP contribution in [0.15, 0.2) is 53.4 Å². The van der Waals surface area contributed by atoms with Crippen LogP contribution < -0.4 is 4.74 Å². The molecule has 2 aromatic carbocycles. The molecule has 0 saturated carbocycles. The number of hydrogen-bond donors (Lipinski definition) is 0. The third-order valence-corrected chi connectivity index (χ3v) is 8.22. The van der Waals surface area contributed by atoms with Crippen LogP contribution in [0.4, 0.5) is 0 Å². The number of carbonyl (C=O) groups excluding carboxylic acids is 2. The highest BCUT2D eigenvalue weighted by molar-refractivity contribution is 7.89. The number of Topliss-reactive ketones (excluding diaryl/α,β-unsaturated/α-hetero) is 1. The standard InChI is InChI=1S/C23H24N2O6S/c26-20-15-23(31-21-4-2-1-3-19(20)21)9-10-24(16-23)22(27)17-5-7-18(8-6-17)32(28,29)25-11-13-30-14-12-25/h1-8H,9-16H2. The maximum atomic E-state index is 13.1. The molecule has 3 aliphatic rings. The Kier molecular flexibility index (Phi) is 5.27. The van der Waals surface area contributed by atoms with Gasteiger partial charge in [0.25, 0.3) is 5.91 Å². The van der Waals surface area contributed by atoms with Gasteiger partial charge in [-0.25, -0.2) is 8.42 Å². The van der Waals surface area contributed by atoms with Crippen LogP contribution in [-0.4, -0.2) is 74.3 Å². The first-order chi connectivity index (χ1) is 15.4. The van der Waals surface area contributed by atoms with Gasteiger partial charge in [-0.2, -0.15) is 4.31 Å². The van der Waals surface area contributed by atoms with Gasteiger partial charge in [0.15, 0.2) is 5.78 Å². The molecule has 1 atom stereocenters. The maximum absolute atomic E-state index is 13.1. The zero-order valence-electron chi connectivity index (χ0n) is 17.5. The van der Waals surface area contributed by atoms with Crippen molar-refractivity contribution in [3.8, 4) is 5.75 Å². The quantitative estimate of drug-likeness (QED) is 0.701. The maximum Gasteiger partial charge on any atom is 0.253 e. The van der Waals surface area contributed by atoms with Crippen LogP contribution in [0.1, 0.15) is 33.6 Å². The van der Waals surface area contributed by atoms with Gasteiger partial charge >= 0.3 is 0 Å². The van der Waals surface area contributed by atoms with Crippen molar-refractivity contribution in [2.45, 2.75) is 23.3 Å². The van der Waals surface area contributed by atoms with Crippen molar-refractivity contribution >= 4 is 21.7 Å². The summed E-state index contributed by atoms with van der Waals surface area (Å²) in [7, 11) is -3.61. The third kappa shape index (κ3) is 3.70. The van der Waals surface area contributed by atoms with Crippen LogP contribution in [0.2, 0.25) is 0 Å². The molecule has 2 aromatic rings. The molecule has 2 saturated heterocycles. The SMILES string of the molecule is O=C1CC2(CCN(C(=O)c3ccc(S(=O)(=O)N4CCOCC4)cc3)C2)Oc2ccccc21. The summed E-state index contributed by atoms with van der Waals surface area (Å²) in [5, 5.41) is 0. The van der Waals surface area contributed by atoms with Crippen LogP contribution in [-0.2, 0) is 14.8 Å². The summed E-state index contributed by atoms with van der Waals surface area (Å²) in [6.45, 7) is 2.19. The number of ether oxygens (including phenoxy) is 2. The van der Waals surface area contributed by atoms with Crippen molar-refractivity contribution in [3.63, 3.8) is 0 Å². The van der Waals surface area contributed by atoms with Crippen molar-refractivity contribution < 1.29 is 27.5 Å². The molecule has 8 nitrogen and oxygen atoms in total. The number of amides is 1. The monoisotopic (exact) mass is 456 g/mol. The van der Waals surface area contributed by atoms with E-state index >= 15 is 0 Å². The molecule has 0 N–H and O–H groups in total. The summed E-state index contributed by atoms with van der Waals surface area (Å²) in [5.74, 6) is 0.390. The van der Waals surface area contributed by atoms with Gasteiger partial charge < -0.3 is 14.4 Å². The van der Waals surface area contributed by atoms with Gasteiger partial charge in [-0.1, -0.05) is 12.1 Å². The number of ketones is 1. The lowest BCUT2D eigenvalue weighted by molar-refractivity contribution is 0.0428. The van der Waals surface area contributed by atoms with Crippen molar-refractivity contribution in [1.82, 2.24) is 9.21 Å². The minimum absolute atomic E-state index is 0.0267. The molecule has 5 rings (SSSR count). The highest BCUT2D eigenvalue weighted by Gasteiger charge is 2.47. The van der Waals surface area contributed by atoms with Crippen LogP contribution in [0, 0.1) is 0 Å². The molecule has 3 aliphatic heterocycles. The second-order valence-corrected chi connectivity index (χ2v) is 10.3. The molecule has 0 bridgehead atoms. The Balaban J connectivity index is 1.30. The smallest absolute Gasteiger partial charge is 0.253 e. The molecule has 1 amide bonds. The molecule has 32 heavy (non-hydrogen) atoms. The average molecular weight is 457 g/mol. The molecule has 3 heterocycles. The van der Waals surface area contributed by atoms with Gasteiger partial charge in [0.05, 0.1) is 36.6 Å². The van der Waals surface area contributed by atoms with Gasteiger partial charge in [0, 0.05) is 31.6 Å². The topological polar surface area (TPSA) is 93.2 Å². The molecule has 1 spiro atoms. The number of sulfonamides is 1. The second-order valence-electron chi connectivity index (χ2n) is 8.40. The molecular weight excluding hydrogens is 432 g/mol. The number of carbonyl (C=O) groups is 2. The number of nitrogens with zero attached hydrogens (tertiary/aromatic N) is 2. The first kappa shape index (κ1) is 21.1. The predicted octanol–water partition coefficient (Wildman–Crippen LogP) is 1.96. The van der Waals surface area contributed by atoms with Crippen molar-refractivity contribution in [2.24, 2.45) is 0 Å². The molecule has 168 valence electrons. The molecule has 9 heteroatoms. The third-order valence-electron chi connectivity index (χ3n) is 6.31. The summed E-state index contributed by atoms with van der Waals surface area (Å²) in [4.78, 5) is 27.5. The van der Waals surface area contributed by atoms with E-state index in [1.54, 1.807) is 29.2 Å². The van der Waals surface area contributed by atoms with Crippen LogP contribution in [0.3, 0.4) is 0 Å². The lowest BCUT2D eigenvalue weighted by Crippen LogP contribution is -2.45. The number of rotatable bonds is 3. The van der Waals surface area contributed by atoms with Gasteiger partial charge in [-0.15, -0.1) is 0 Å². The van der Waals surface area contributed by atoms with E-state index in [1.807, 2.05) is 12.1 Å². The van der Waals surface area contributed by atoms with Gasteiger partial charge in [0.2, 0.25) is 10.0 Å². The summed E-state index contributed by atoms with van der Waals surface area (Å²) in [6, 6.07) is 13.2. The van der Waals surface area contributed by atoms with E-state index in [4.69, 9.17) is 9.47 Å². The zero-order chi connectivity index (χ0) is 22.3. The Morgan fingerprint density at radius 2 is 1.69 bits per heavy atom. The van der Waals surface area contributed by atoms with E-state index in [9.17, 15) is 18.0 Å². The van der Waals surface area contributed by atoms with E-state index in [2.05, 4.69) is 0 Å². The average Bonchev–Trinajstić information content (AvgIpc) is 3.22. The fourth-order valence-electron chi connectivity index (χ4n) is 4.58. The number of fused-ring (bicyclic) bond motifs is 1. The summed E-state index contributed by atoms with van der Waals surface area (Å²) >= 11 is 0. The molecule has 0 aliphatic carbocycles. The van der Waals surface area contributed by atoms with Gasteiger partial charge in [-0.3, -0.25) is 9.59 Å². The van der Waals surface area contributed by atoms with E-state index in [0.717, 1.165) is 0 Å². The summed E-state index contributed by atoms with van der Waals surface area (Å²) in [6.07, 6.45) is 0.812. The first-order valence-electron chi connectivity index (χ1n) is 10.7. The summed E-state index contributed by atoms with van der Waals surface area (Å²) in [5.41, 5.74) is 0.284. The Hall–Kier alpha value is -2.75.